The molecule has 1 nitrogen and oxygen atoms in total. The molecule has 0 spiro atoms. The van der Waals surface area contributed by atoms with Crippen molar-refractivity contribution in [2.75, 3.05) is 0 Å². The maximum atomic E-state index is 5.42. The molecule has 0 fully saturated rings. The zero-order valence-electron chi connectivity index (χ0n) is 11.8. The van der Waals surface area contributed by atoms with Crippen LogP contribution < -0.4 is 5.73 Å². The van der Waals surface area contributed by atoms with Crippen LogP contribution in [0.2, 0.25) is 0 Å². The van der Waals surface area contributed by atoms with E-state index in [4.69, 9.17) is 5.73 Å². The fraction of sp³-hybridized carbons (Fsp3) is 0.375. The average Bonchev–Trinajstić information content (AvgIpc) is 2.33. The molecule has 0 aliphatic heterocycles. The van der Waals surface area contributed by atoms with Gasteiger partial charge in [0.2, 0.25) is 0 Å². The van der Waals surface area contributed by atoms with Gasteiger partial charge in [0.25, 0.3) is 0 Å². The summed E-state index contributed by atoms with van der Waals surface area (Å²) < 4.78 is 0. The summed E-state index contributed by atoms with van der Waals surface area (Å²) in [4.78, 5) is 0. The van der Waals surface area contributed by atoms with Gasteiger partial charge in [-0.25, -0.2) is 0 Å². The molecular formula is C16H27N. The highest BCUT2D eigenvalue weighted by atomic mass is 14.6. The average molecular weight is 233 g/mol. The number of hydrogen-bond acceptors (Lipinski definition) is 1. The highest BCUT2D eigenvalue weighted by molar-refractivity contribution is 5.59. The number of nitrogens with two attached hydrogens (primary N) is 1. The number of hydrogen-bond donors (Lipinski definition) is 1. The van der Waals surface area contributed by atoms with Gasteiger partial charge in [-0.2, -0.15) is 0 Å². The number of allylic oxidation sites excluding steroid dienone is 1. The molecule has 0 unspecified atom stereocenters. The van der Waals surface area contributed by atoms with Gasteiger partial charge in [0.15, 0.2) is 0 Å². The van der Waals surface area contributed by atoms with E-state index in [1.54, 1.807) is 0 Å². The van der Waals surface area contributed by atoms with Crippen molar-refractivity contribution in [2.24, 2.45) is 5.73 Å². The first-order valence-electron chi connectivity index (χ1n) is 6.22. The van der Waals surface area contributed by atoms with Crippen molar-refractivity contribution in [3.8, 4) is 0 Å². The first-order valence-corrected chi connectivity index (χ1v) is 6.22. The molecule has 2 N–H and O–H groups in total. The van der Waals surface area contributed by atoms with Crippen LogP contribution in [0, 0.1) is 0 Å². The molecular weight excluding hydrogens is 206 g/mol. The Morgan fingerprint density at radius 1 is 1.12 bits per heavy atom. The molecule has 0 aliphatic rings. The molecule has 1 aromatic carbocycles. The Hall–Kier alpha value is -1.50. The minimum atomic E-state index is 0.621. The lowest BCUT2D eigenvalue weighted by molar-refractivity contribution is 0.910. The summed E-state index contributed by atoms with van der Waals surface area (Å²) in [6, 6.07) is 9.69. The van der Waals surface area contributed by atoms with E-state index in [1.807, 2.05) is 44.2 Å². The normalized spacial score (nSPS) is 8.00. The van der Waals surface area contributed by atoms with Crippen molar-refractivity contribution < 1.29 is 0 Å². The smallest absolute Gasteiger partial charge is 0.0314 e. The Morgan fingerprint density at radius 2 is 1.59 bits per heavy atom. The summed E-state index contributed by atoms with van der Waals surface area (Å²) in [5.74, 6) is 0. The van der Waals surface area contributed by atoms with Crippen molar-refractivity contribution in [3.05, 3.63) is 54.6 Å². The van der Waals surface area contributed by atoms with Gasteiger partial charge >= 0.3 is 0 Å². The second kappa shape index (κ2) is 12.6. The van der Waals surface area contributed by atoms with Crippen molar-refractivity contribution in [2.45, 2.75) is 40.5 Å². The SMILES string of the molecule is C=C(C)CCC.C=C(N)c1ccccc1.CC. The molecule has 1 aromatic rings. The van der Waals surface area contributed by atoms with Crippen LogP contribution in [-0.2, 0) is 0 Å². The van der Waals surface area contributed by atoms with Crippen molar-refractivity contribution in [3.63, 3.8) is 0 Å². The Kier molecular flexibility index (Phi) is 13.2. The summed E-state index contributed by atoms with van der Waals surface area (Å²) in [6.45, 7) is 15.6. The minimum Gasteiger partial charge on any atom is -0.399 e. The predicted octanol–water partition coefficient (Wildman–Crippen LogP) is 5.00. The fourth-order valence-corrected chi connectivity index (χ4v) is 1.08. The van der Waals surface area contributed by atoms with Crippen LogP contribution in [0.4, 0.5) is 0 Å². The van der Waals surface area contributed by atoms with Crippen LogP contribution in [-0.4, -0.2) is 0 Å². The first-order chi connectivity index (χ1) is 8.07. The molecule has 0 saturated heterocycles. The summed E-state index contributed by atoms with van der Waals surface area (Å²) >= 11 is 0. The molecule has 17 heavy (non-hydrogen) atoms. The lowest BCUT2D eigenvalue weighted by Crippen LogP contribution is -1.91. The van der Waals surface area contributed by atoms with Crippen LogP contribution >= 0.6 is 0 Å². The van der Waals surface area contributed by atoms with E-state index in [-0.39, 0.29) is 0 Å². The molecule has 0 amide bonds. The van der Waals surface area contributed by atoms with E-state index in [1.165, 1.54) is 18.4 Å². The molecule has 0 saturated carbocycles. The Balaban J connectivity index is 0. The quantitative estimate of drug-likeness (QED) is 0.730. The van der Waals surface area contributed by atoms with E-state index >= 15 is 0 Å². The molecule has 96 valence electrons. The van der Waals surface area contributed by atoms with E-state index in [0.29, 0.717) is 5.70 Å². The third kappa shape index (κ3) is 12.4. The molecule has 0 aliphatic carbocycles. The molecule has 1 heteroatoms. The third-order valence-electron chi connectivity index (χ3n) is 1.82. The van der Waals surface area contributed by atoms with Crippen LogP contribution in [0.5, 0.6) is 0 Å². The minimum absolute atomic E-state index is 0.621. The van der Waals surface area contributed by atoms with Crippen LogP contribution in [0.1, 0.15) is 46.1 Å². The largest absolute Gasteiger partial charge is 0.399 e. The molecule has 0 heterocycles. The van der Waals surface area contributed by atoms with Crippen LogP contribution in [0.25, 0.3) is 5.70 Å². The summed E-state index contributed by atoms with van der Waals surface area (Å²) in [6.07, 6.45) is 2.41. The Bertz CT molecular complexity index is 299. The molecule has 0 radical (unpaired) electrons. The molecule has 1 rings (SSSR count). The van der Waals surface area contributed by atoms with Crippen molar-refractivity contribution in [1.29, 1.82) is 0 Å². The van der Waals surface area contributed by atoms with Gasteiger partial charge in [-0.15, -0.1) is 6.58 Å². The van der Waals surface area contributed by atoms with Gasteiger partial charge in [-0.05, 0) is 18.9 Å². The van der Waals surface area contributed by atoms with Gasteiger partial charge in [-0.3, -0.25) is 0 Å². The molecule has 0 bridgehead atoms. The van der Waals surface area contributed by atoms with Crippen molar-refractivity contribution in [1.82, 2.24) is 0 Å². The topological polar surface area (TPSA) is 26.0 Å². The number of rotatable bonds is 3. The van der Waals surface area contributed by atoms with Gasteiger partial charge in [0.1, 0.15) is 0 Å². The second-order valence-electron chi connectivity index (χ2n) is 3.60. The molecule has 0 aromatic heterocycles. The summed E-state index contributed by atoms with van der Waals surface area (Å²) in [5.41, 5.74) is 8.33. The van der Waals surface area contributed by atoms with Gasteiger partial charge in [0.05, 0.1) is 0 Å². The highest BCUT2D eigenvalue weighted by Gasteiger charge is 1.86. The zero-order chi connectivity index (χ0) is 13.7. The monoisotopic (exact) mass is 233 g/mol. The van der Waals surface area contributed by atoms with Gasteiger partial charge < -0.3 is 5.73 Å². The number of benzene rings is 1. The van der Waals surface area contributed by atoms with Crippen LogP contribution in [0.3, 0.4) is 0 Å². The van der Waals surface area contributed by atoms with E-state index < -0.39 is 0 Å². The summed E-state index contributed by atoms with van der Waals surface area (Å²) in [7, 11) is 0. The standard InChI is InChI=1S/C8H9N.C6H12.C2H6/c1-7(9)8-5-3-2-4-6-8;1-4-5-6(2)3;1-2/h2-6H,1,9H2;2,4-5H2,1,3H3;1-2H3. The van der Waals surface area contributed by atoms with Crippen LogP contribution in [0.15, 0.2) is 49.1 Å². The van der Waals surface area contributed by atoms with Gasteiger partial charge in [0, 0.05) is 5.70 Å². The Morgan fingerprint density at radius 3 is 1.76 bits per heavy atom. The lowest BCUT2D eigenvalue weighted by atomic mass is 10.2. The Labute approximate surface area is 107 Å². The highest BCUT2D eigenvalue weighted by Crippen LogP contribution is 2.03. The first kappa shape index (κ1) is 17.9. The van der Waals surface area contributed by atoms with Gasteiger partial charge in [-0.1, -0.05) is 69.7 Å². The van der Waals surface area contributed by atoms with E-state index in [9.17, 15) is 0 Å². The summed E-state index contributed by atoms with van der Waals surface area (Å²) in [5, 5.41) is 0. The van der Waals surface area contributed by atoms with E-state index in [0.717, 1.165) is 5.56 Å². The maximum Gasteiger partial charge on any atom is 0.0314 e. The molecule has 0 atom stereocenters. The second-order valence-corrected chi connectivity index (χ2v) is 3.60. The van der Waals surface area contributed by atoms with E-state index in [2.05, 4.69) is 27.0 Å². The predicted molar refractivity (Wildman–Crippen MR) is 80.7 cm³/mol. The lowest BCUT2D eigenvalue weighted by Gasteiger charge is -1.95. The maximum absolute atomic E-state index is 5.42. The fourth-order valence-electron chi connectivity index (χ4n) is 1.08. The third-order valence-corrected chi connectivity index (χ3v) is 1.82. The van der Waals surface area contributed by atoms with Crippen molar-refractivity contribution >= 4 is 5.70 Å². The zero-order valence-corrected chi connectivity index (χ0v) is 11.8.